The summed E-state index contributed by atoms with van der Waals surface area (Å²) < 4.78 is 1.92. The molecule has 0 atom stereocenters. The fourth-order valence-electron chi connectivity index (χ4n) is 1.88. The van der Waals surface area contributed by atoms with Gasteiger partial charge in [-0.2, -0.15) is 0 Å². The number of nitrogens with zero attached hydrogens (tertiary/aromatic N) is 3. The first kappa shape index (κ1) is 14.2. The Labute approximate surface area is 118 Å². The highest BCUT2D eigenvalue weighted by atomic mass is 16.1. The number of amides is 1. The van der Waals surface area contributed by atoms with Gasteiger partial charge in [0.1, 0.15) is 12.2 Å². The number of anilines is 1. The van der Waals surface area contributed by atoms with Gasteiger partial charge < -0.3 is 15.2 Å². The molecule has 0 aliphatic carbocycles. The molecule has 1 heterocycles. The van der Waals surface area contributed by atoms with Crippen molar-refractivity contribution >= 4 is 11.6 Å². The third-order valence-electron chi connectivity index (χ3n) is 2.93. The van der Waals surface area contributed by atoms with Crippen molar-refractivity contribution in [3.8, 4) is 0 Å². The normalized spacial score (nSPS) is 10.5. The van der Waals surface area contributed by atoms with E-state index in [9.17, 15) is 4.79 Å². The van der Waals surface area contributed by atoms with Crippen LogP contribution >= 0.6 is 0 Å². The quantitative estimate of drug-likeness (QED) is 0.773. The largest absolute Gasteiger partial charge is 0.326 e. The Kier molecular flexibility index (Phi) is 4.84. The molecule has 6 nitrogen and oxygen atoms in total. The summed E-state index contributed by atoms with van der Waals surface area (Å²) in [4.78, 5) is 10.9. The van der Waals surface area contributed by atoms with Crippen LogP contribution in [0.3, 0.4) is 0 Å². The fourth-order valence-corrected chi connectivity index (χ4v) is 1.88. The molecule has 0 radical (unpaired) electrons. The summed E-state index contributed by atoms with van der Waals surface area (Å²) in [6, 6.07) is 7.81. The van der Waals surface area contributed by atoms with Crippen LogP contribution in [0.2, 0.25) is 0 Å². The summed E-state index contributed by atoms with van der Waals surface area (Å²) in [7, 11) is 1.94. The van der Waals surface area contributed by atoms with Crippen molar-refractivity contribution in [1.82, 2.24) is 20.1 Å². The van der Waals surface area contributed by atoms with Crippen LogP contribution in [0.4, 0.5) is 5.69 Å². The van der Waals surface area contributed by atoms with Crippen molar-refractivity contribution in [3.63, 3.8) is 0 Å². The Morgan fingerprint density at radius 1 is 1.30 bits per heavy atom. The van der Waals surface area contributed by atoms with E-state index < -0.39 is 0 Å². The number of hydrogen-bond donors (Lipinski definition) is 2. The average molecular weight is 273 g/mol. The van der Waals surface area contributed by atoms with Gasteiger partial charge in [-0.3, -0.25) is 4.79 Å². The number of aromatic nitrogens is 3. The molecule has 0 fully saturated rings. The maximum Gasteiger partial charge on any atom is 0.221 e. The number of carbonyl (C=O) groups excluding carboxylic acids is 1. The van der Waals surface area contributed by atoms with Crippen LogP contribution in [0.25, 0.3) is 0 Å². The summed E-state index contributed by atoms with van der Waals surface area (Å²) in [6.45, 7) is 3.14. The summed E-state index contributed by atoms with van der Waals surface area (Å²) >= 11 is 0. The minimum absolute atomic E-state index is 0.0560. The van der Waals surface area contributed by atoms with Gasteiger partial charge in [-0.15, -0.1) is 10.2 Å². The Balaban J connectivity index is 1.74. The highest BCUT2D eigenvalue weighted by Crippen LogP contribution is 2.09. The third kappa shape index (κ3) is 4.17. The number of benzene rings is 1. The highest BCUT2D eigenvalue weighted by molar-refractivity contribution is 5.88. The minimum Gasteiger partial charge on any atom is -0.326 e. The van der Waals surface area contributed by atoms with Gasteiger partial charge in [-0.1, -0.05) is 12.1 Å². The van der Waals surface area contributed by atoms with E-state index in [1.54, 1.807) is 6.33 Å². The van der Waals surface area contributed by atoms with Crippen LogP contribution < -0.4 is 10.6 Å². The number of carbonyl (C=O) groups is 1. The first-order valence-electron chi connectivity index (χ1n) is 6.55. The van der Waals surface area contributed by atoms with Gasteiger partial charge in [0.2, 0.25) is 5.91 Å². The number of aryl methyl sites for hydroxylation is 1. The van der Waals surface area contributed by atoms with Crippen molar-refractivity contribution in [2.45, 2.75) is 19.9 Å². The number of hydrogen-bond acceptors (Lipinski definition) is 4. The lowest BCUT2D eigenvalue weighted by molar-refractivity contribution is -0.114. The molecule has 1 amide bonds. The van der Waals surface area contributed by atoms with E-state index in [4.69, 9.17) is 0 Å². The molecule has 1 aromatic heterocycles. The highest BCUT2D eigenvalue weighted by Gasteiger charge is 2.00. The predicted molar refractivity (Wildman–Crippen MR) is 77.2 cm³/mol. The van der Waals surface area contributed by atoms with Gasteiger partial charge in [0.25, 0.3) is 0 Å². The predicted octanol–water partition coefficient (Wildman–Crippen LogP) is 1.11. The van der Waals surface area contributed by atoms with Crippen molar-refractivity contribution in [2.75, 3.05) is 11.9 Å². The molecule has 20 heavy (non-hydrogen) atoms. The SMILES string of the molecule is CC(=O)Nc1ccc(CNCCc2nncn2C)cc1. The summed E-state index contributed by atoms with van der Waals surface area (Å²) in [5.41, 5.74) is 2.00. The lowest BCUT2D eigenvalue weighted by Gasteiger charge is -2.06. The molecule has 0 unspecified atom stereocenters. The number of rotatable bonds is 6. The van der Waals surface area contributed by atoms with E-state index in [0.29, 0.717) is 0 Å². The number of nitrogens with one attached hydrogen (secondary N) is 2. The molecule has 0 saturated carbocycles. The topological polar surface area (TPSA) is 71.8 Å². The van der Waals surface area contributed by atoms with E-state index in [2.05, 4.69) is 20.8 Å². The van der Waals surface area contributed by atoms with Crippen LogP contribution in [0.15, 0.2) is 30.6 Å². The van der Waals surface area contributed by atoms with E-state index in [0.717, 1.165) is 31.0 Å². The molecule has 2 N–H and O–H groups in total. The van der Waals surface area contributed by atoms with Gasteiger partial charge in [0.05, 0.1) is 0 Å². The minimum atomic E-state index is -0.0560. The molecule has 106 valence electrons. The first-order valence-corrected chi connectivity index (χ1v) is 6.55. The van der Waals surface area contributed by atoms with Gasteiger partial charge in [0, 0.05) is 39.2 Å². The summed E-state index contributed by atoms with van der Waals surface area (Å²) in [5.74, 6) is 0.915. The standard InChI is InChI=1S/C14H19N5O/c1-11(20)17-13-5-3-12(4-6-13)9-15-8-7-14-18-16-10-19(14)2/h3-6,10,15H,7-9H2,1-2H3,(H,17,20). The average Bonchev–Trinajstić information content (AvgIpc) is 2.82. The zero-order valence-corrected chi connectivity index (χ0v) is 11.8. The second kappa shape index (κ2) is 6.81. The molecule has 6 heteroatoms. The molecule has 1 aromatic carbocycles. The molecular formula is C14H19N5O. The third-order valence-corrected chi connectivity index (χ3v) is 2.93. The van der Waals surface area contributed by atoms with E-state index in [-0.39, 0.29) is 5.91 Å². The molecule has 0 bridgehead atoms. The van der Waals surface area contributed by atoms with Crippen LogP contribution in [-0.2, 0) is 24.8 Å². The Hall–Kier alpha value is -2.21. The monoisotopic (exact) mass is 273 g/mol. The van der Waals surface area contributed by atoms with E-state index in [1.807, 2.05) is 35.9 Å². The molecule has 0 spiro atoms. The summed E-state index contributed by atoms with van der Waals surface area (Å²) in [5, 5.41) is 14.0. The maximum absolute atomic E-state index is 10.9. The maximum atomic E-state index is 10.9. The van der Waals surface area contributed by atoms with Gasteiger partial charge in [0.15, 0.2) is 0 Å². The summed E-state index contributed by atoms with van der Waals surface area (Å²) in [6.07, 6.45) is 2.55. The van der Waals surface area contributed by atoms with Crippen LogP contribution in [0.1, 0.15) is 18.3 Å². The Morgan fingerprint density at radius 2 is 2.05 bits per heavy atom. The molecule has 0 aliphatic heterocycles. The van der Waals surface area contributed by atoms with Crippen molar-refractivity contribution in [3.05, 3.63) is 42.0 Å². The second-order valence-electron chi connectivity index (χ2n) is 4.66. The van der Waals surface area contributed by atoms with Crippen molar-refractivity contribution in [2.24, 2.45) is 7.05 Å². The molecule has 0 aliphatic rings. The van der Waals surface area contributed by atoms with Crippen molar-refractivity contribution in [1.29, 1.82) is 0 Å². The van der Waals surface area contributed by atoms with Gasteiger partial charge in [-0.05, 0) is 17.7 Å². The van der Waals surface area contributed by atoms with Gasteiger partial charge in [-0.25, -0.2) is 0 Å². The van der Waals surface area contributed by atoms with E-state index in [1.165, 1.54) is 12.5 Å². The van der Waals surface area contributed by atoms with E-state index >= 15 is 0 Å². The molecule has 0 saturated heterocycles. The lowest BCUT2D eigenvalue weighted by atomic mass is 10.2. The Morgan fingerprint density at radius 3 is 2.65 bits per heavy atom. The molecule has 2 aromatic rings. The second-order valence-corrected chi connectivity index (χ2v) is 4.66. The Bertz CT molecular complexity index is 561. The smallest absolute Gasteiger partial charge is 0.221 e. The van der Waals surface area contributed by atoms with Gasteiger partial charge >= 0.3 is 0 Å². The van der Waals surface area contributed by atoms with Crippen LogP contribution in [0.5, 0.6) is 0 Å². The fraction of sp³-hybridized carbons (Fsp3) is 0.357. The molecule has 2 rings (SSSR count). The van der Waals surface area contributed by atoms with Crippen LogP contribution in [-0.4, -0.2) is 27.2 Å². The van der Waals surface area contributed by atoms with Crippen LogP contribution in [0, 0.1) is 0 Å². The zero-order chi connectivity index (χ0) is 14.4. The zero-order valence-electron chi connectivity index (χ0n) is 11.8. The van der Waals surface area contributed by atoms with Crippen molar-refractivity contribution < 1.29 is 4.79 Å². The first-order chi connectivity index (χ1) is 9.65. The molecular weight excluding hydrogens is 254 g/mol. The lowest BCUT2D eigenvalue weighted by Crippen LogP contribution is -2.18.